The number of Topliss-reactive ketones (excluding diaryl/α,β-unsaturated/α-hetero) is 1. The highest BCUT2D eigenvalue weighted by atomic mass is 35.5. The summed E-state index contributed by atoms with van der Waals surface area (Å²) < 4.78 is 40.5. The van der Waals surface area contributed by atoms with Crippen molar-refractivity contribution in [1.82, 2.24) is 24.5 Å². The number of methoxy groups -OCH3 is 1. The maximum absolute atomic E-state index is 14.9. The summed E-state index contributed by atoms with van der Waals surface area (Å²) >= 11 is 6.82. The number of carbonyl (C=O) groups is 4. The molecule has 1 aromatic carbocycles. The van der Waals surface area contributed by atoms with E-state index in [-0.39, 0.29) is 49.3 Å². The molecule has 59 heavy (non-hydrogen) atoms. The number of hydrogen-bond donors (Lipinski definition) is 1. The third-order valence-electron chi connectivity index (χ3n) is 12.7. The maximum Gasteiger partial charge on any atom is 0.240 e. The van der Waals surface area contributed by atoms with Gasteiger partial charge in [0, 0.05) is 55.9 Å². The Morgan fingerprint density at radius 2 is 1.78 bits per heavy atom. The van der Waals surface area contributed by atoms with Crippen LogP contribution in [0.15, 0.2) is 54.7 Å². The second kappa shape index (κ2) is 17.2. The summed E-state index contributed by atoms with van der Waals surface area (Å²) in [7, 11) is -2.34. The Hall–Kier alpha value is -4.56. The van der Waals surface area contributed by atoms with Gasteiger partial charge in [0.1, 0.15) is 22.6 Å². The van der Waals surface area contributed by atoms with E-state index in [4.69, 9.17) is 26.1 Å². The van der Waals surface area contributed by atoms with Crippen LogP contribution in [0.4, 0.5) is 0 Å². The summed E-state index contributed by atoms with van der Waals surface area (Å²) in [5.41, 5.74) is 0.273. The summed E-state index contributed by atoms with van der Waals surface area (Å²) in [5, 5.41) is 0.290. The molecule has 0 unspecified atom stereocenters. The third-order valence-corrected chi connectivity index (χ3v) is 14.9. The number of piperidine rings is 1. The number of halogens is 1. The maximum atomic E-state index is 14.9. The van der Waals surface area contributed by atoms with Gasteiger partial charge < -0.3 is 19.3 Å². The molecule has 2 saturated carbocycles. The Morgan fingerprint density at radius 3 is 2.53 bits per heavy atom. The minimum absolute atomic E-state index is 0.0512. The van der Waals surface area contributed by atoms with Crippen LogP contribution in [0.3, 0.4) is 0 Å². The number of fused-ring (bicyclic) bond motifs is 3. The number of nitrogens with zero attached hydrogens (tertiary/aromatic N) is 4. The summed E-state index contributed by atoms with van der Waals surface area (Å²) in [6, 6.07) is 9.81. The molecule has 4 fully saturated rings. The van der Waals surface area contributed by atoms with Gasteiger partial charge in [0.05, 0.1) is 47.3 Å². The van der Waals surface area contributed by atoms with Crippen molar-refractivity contribution in [1.29, 1.82) is 0 Å². The monoisotopic (exact) mass is 845 g/mol. The molecule has 3 aliphatic heterocycles. The number of hydrogen-bond acceptors (Lipinski definition) is 10. The van der Waals surface area contributed by atoms with Crippen LogP contribution >= 0.6 is 11.6 Å². The third kappa shape index (κ3) is 8.85. The predicted molar refractivity (Wildman–Crippen MR) is 222 cm³/mol. The number of ketones is 1. The van der Waals surface area contributed by atoms with E-state index >= 15 is 0 Å². The summed E-state index contributed by atoms with van der Waals surface area (Å²) in [6.45, 7) is 1.41. The number of rotatable bonds is 9. The number of allylic oxidation sites excluding steroid dienone is 2. The van der Waals surface area contributed by atoms with E-state index in [0.717, 1.165) is 44.9 Å². The van der Waals surface area contributed by atoms with E-state index in [2.05, 4.69) is 9.71 Å². The minimum atomic E-state index is -3.86. The molecule has 2 saturated heterocycles. The number of nitrogens with one attached hydrogen (secondary N) is 1. The van der Waals surface area contributed by atoms with Crippen LogP contribution in [0.25, 0.3) is 22.3 Å². The van der Waals surface area contributed by atoms with Gasteiger partial charge in [-0.1, -0.05) is 42.7 Å². The highest BCUT2D eigenvalue weighted by molar-refractivity contribution is 7.90. The SMILES string of the molecule is COc1ccc2c(O[C@@H]3C[C@H]4C(=O)C[C@]5(C(=O)NS(=O)(=O)C6CC6)C[C@H]5/C=C\CCCCC[C@H](CC(=O)N5CCCCC5)C(=O)N4C3)cc(-c3ccccn3)nc2c1Cl. The Kier molecular flexibility index (Phi) is 12.0. The summed E-state index contributed by atoms with van der Waals surface area (Å²) in [6.07, 6.45) is 12.9. The molecule has 2 aliphatic carbocycles. The summed E-state index contributed by atoms with van der Waals surface area (Å²) in [5.74, 6) is -1.43. The number of sulfonamides is 1. The molecule has 8 rings (SSSR count). The molecule has 5 heterocycles. The lowest BCUT2D eigenvalue weighted by Crippen LogP contribution is -2.47. The van der Waals surface area contributed by atoms with Gasteiger partial charge in [-0.25, -0.2) is 13.4 Å². The number of aromatic nitrogens is 2. The van der Waals surface area contributed by atoms with Crippen LogP contribution in [-0.2, 0) is 29.2 Å². The molecular formula is C44H52ClN5O8S. The Bertz CT molecular complexity index is 2250. The van der Waals surface area contributed by atoms with Gasteiger partial charge in [-0.15, -0.1) is 0 Å². The van der Waals surface area contributed by atoms with Crippen LogP contribution in [0, 0.1) is 17.3 Å². The van der Waals surface area contributed by atoms with E-state index in [1.54, 1.807) is 35.4 Å². The van der Waals surface area contributed by atoms with Crippen molar-refractivity contribution in [2.75, 3.05) is 26.7 Å². The average molecular weight is 846 g/mol. The zero-order valence-electron chi connectivity index (χ0n) is 33.4. The van der Waals surface area contributed by atoms with Crippen LogP contribution in [-0.4, -0.2) is 95.8 Å². The van der Waals surface area contributed by atoms with Crippen molar-refractivity contribution in [3.63, 3.8) is 0 Å². The Balaban J connectivity index is 1.13. The number of amides is 3. The van der Waals surface area contributed by atoms with Crippen molar-refractivity contribution in [2.24, 2.45) is 17.3 Å². The first-order valence-corrected chi connectivity index (χ1v) is 23.0. The molecule has 5 aliphatic rings. The van der Waals surface area contributed by atoms with Crippen LogP contribution in [0.2, 0.25) is 5.02 Å². The normalized spacial score (nSPS) is 27.2. The molecule has 15 heteroatoms. The van der Waals surface area contributed by atoms with Crippen LogP contribution < -0.4 is 14.2 Å². The standard InChI is InChI=1S/C44H52ClN5O8S/c1-57-37-18-17-32-38(24-34(47-41(32)40(37)45)33-14-8-9-19-46-33)58-30-23-35-36(51)26-44(43(54)48-59(55,56)31-15-16-31)25-29(44)13-7-4-2-3-6-12-28(42(53)50(35)27-30)22-39(52)49-20-10-5-11-21-49/h7-9,13-14,17-19,24,28-31,35H,2-6,10-12,15-16,20-23,25-27H2,1H3,(H,48,54)/b13-7-/t28-,29-,30-,35+,44-/m1/s1. The second-order valence-corrected chi connectivity index (χ2v) is 19.2. The fourth-order valence-corrected chi connectivity index (χ4v) is 10.8. The van der Waals surface area contributed by atoms with E-state index in [0.29, 0.717) is 77.6 Å². The summed E-state index contributed by atoms with van der Waals surface area (Å²) in [4.78, 5) is 70.0. The highest BCUT2D eigenvalue weighted by Gasteiger charge is 2.61. The molecule has 0 spiro atoms. The molecule has 1 N–H and O–H groups in total. The molecule has 5 atom stereocenters. The van der Waals surface area contributed by atoms with Crippen LogP contribution in [0.1, 0.15) is 89.9 Å². The zero-order chi connectivity index (χ0) is 41.3. The number of likely N-dealkylation sites (tertiary alicyclic amines) is 1. The zero-order valence-corrected chi connectivity index (χ0v) is 35.0. The Labute approximate surface area is 350 Å². The Morgan fingerprint density at radius 1 is 0.983 bits per heavy atom. The van der Waals surface area contributed by atoms with E-state index in [9.17, 15) is 27.6 Å². The average Bonchev–Trinajstić information content (AvgIpc) is 4.17. The molecule has 0 bridgehead atoms. The lowest BCUT2D eigenvalue weighted by atomic mass is 9.90. The highest BCUT2D eigenvalue weighted by Crippen LogP contribution is 2.57. The molecule has 314 valence electrons. The second-order valence-electron chi connectivity index (χ2n) is 16.9. The molecule has 0 radical (unpaired) electrons. The lowest BCUT2D eigenvalue weighted by molar-refractivity contribution is -0.145. The van der Waals surface area contributed by atoms with E-state index in [1.807, 2.05) is 29.2 Å². The van der Waals surface area contributed by atoms with E-state index < -0.39 is 44.7 Å². The lowest BCUT2D eigenvalue weighted by Gasteiger charge is -2.31. The van der Waals surface area contributed by atoms with Gasteiger partial charge >= 0.3 is 0 Å². The number of benzene rings is 1. The van der Waals surface area contributed by atoms with Crippen molar-refractivity contribution in [3.05, 3.63) is 59.8 Å². The predicted octanol–water partition coefficient (Wildman–Crippen LogP) is 6.42. The molecule has 13 nitrogen and oxygen atoms in total. The van der Waals surface area contributed by atoms with Crippen molar-refractivity contribution in [2.45, 2.75) is 107 Å². The van der Waals surface area contributed by atoms with E-state index in [1.165, 1.54) is 7.11 Å². The first-order chi connectivity index (χ1) is 28.5. The number of carbonyl (C=O) groups excluding carboxylic acids is 4. The molecular weight excluding hydrogens is 794 g/mol. The smallest absolute Gasteiger partial charge is 0.240 e. The van der Waals surface area contributed by atoms with Crippen molar-refractivity contribution in [3.8, 4) is 22.9 Å². The van der Waals surface area contributed by atoms with Gasteiger partial charge in [-0.05, 0) is 88.0 Å². The largest absolute Gasteiger partial charge is 0.495 e. The first kappa shape index (κ1) is 41.2. The minimum Gasteiger partial charge on any atom is -0.495 e. The number of pyridine rings is 2. The molecule has 2 aromatic heterocycles. The van der Waals surface area contributed by atoms with Crippen molar-refractivity contribution >= 4 is 56.0 Å². The molecule has 3 aromatic rings. The fourth-order valence-electron chi connectivity index (χ4n) is 9.09. The van der Waals surface area contributed by atoms with Gasteiger partial charge in [-0.3, -0.25) is 28.9 Å². The first-order valence-electron chi connectivity index (χ1n) is 21.1. The topological polar surface area (TPSA) is 165 Å². The fraction of sp³-hybridized carbons (Fsp3) is 0.545. The van der Waals surface area contributed by atoms with Gasteiger partial charge in [0.25, 0.3) is 0 Å². The molecule has 3 amide bonds. The number of ether oxygens (including phenoxy) is 2. The van der Waals surface area contributed by atoms with Gasteiger partial charge in [0.15, 0.2) is 5.78 Å². The van der Waals surface area contributed by atoms with Gasteiger partial charge in [-0.2, -0.15) is 0 Å². The van der Waals surface area contributed by atoms with Crippen molar-refractivity contribution < 1.29 is 37.1 Å². The van der Waals surface area contributed by atoms with Crippen LogP contribution in [0.5, 0.6) is 11.5 Å². The quantitative estimate of drug-likeness (QED) is 0.238. The van der Waals surface area contributed by atoms with Gasteiger partial charge in [0.2, 0.25) is 27.7 Å².